The van der Waals surface area contributed by atoms with Crippen LogP contribution in [0.2, 0.25) is 0 Å². The van der Waals surface area contributed by atoms with Gasteiger partial charge >= 0.3 is 6.03 Å². The number of carbonyl (C=O) groups excluding carboxylic acids is 3. The number of nitrogens with one attached hydrogen (secondary N) is 1. The molecular weight excluding hydrogens is 432 g/mol. The van der Waals surface area contributed by atoms with Gasteiger partial charge < -0.3 is 15.8 Å². The summed E-state index contributed by atoms with van der Waals surface area (Å²) in [5.74, 6) is 1.86. The maximum atomic E-state index is 13.3. The Kier molecular flexibility index (Phi) is 5.15. The summed E-state index contributed by atoms with van der Waals surface area (Å²) < 4.78 is 5.97. The number of ether oxygens (including phenoxy) is 1. The lowest BCUT2D eigenvalue weighted by Gasteiger charge is -2.55. The molecule has 5 aliphatic carbocycles. The predicted molar refractivity (Wildman–Crippen MR) is 123 cm³/mol. The molecule has 3 N–H and O–H groups in total. The van der Waals surface area contributed by atoms with Gasteiger partial charge in [0.05, 0.1) is 0 Å². The van der Waals surface area contributed by atoms with E-state index in [1.54, 1.807) is 18.3 Å². The van der Waals surface area contributed by atoms with Gasteiger partial charge in [0.1, 0.15) is 17.4 Å². The Bertz CT molecular complexity index is 1020. The van der Waals surface area contributed by atoms with Gasteiger partial charge in [0.15, 0.2) is 0 Å². The Morgan fingerprint density at radius 2 is 1.74 bits per heavy atom. The summed E-state index contributed by atoms with van der Waals surface area (Å²) in [6.07, 6.45) is 13.8. The molecule has 0 atom stereocenters. The zero-order valence-corrected chi connectivity index (χ0v) is 19.4. The summed E-state index contributed by atoms with van der Waals surface area (Å²) in [6, 6.07) is 2.80. The highest BCUT2D eigenvalue weighted by atomic mass is 16.5. The number of urea groups is 1. The highest BCUT2D eigenvalue weighted by Gasteiger charge is 2.51. The number of aromatic nitrogens is 1. The minimum atomic E-state index is -0.575. The molecule has 8 nitrogen and oxygen atoms in total. The zero-order chi connectivity index (χ0) is 23.4. The number of amides is 4. The summed E-state index contributed by atoms with van der Waals surface area (Å²) in [7, 11) is 0. The number of rotatable bonds is 5. The van der Waals surface area contributed by atoms with Crippen molar-refractivity contribution in [2.45, 2.75) is 76.4 Å². The lowest BCUT2D eigenvalue weighted by atomic mass is 9.49. The van der Waals surface area contributed by atoms with Gasteiger partial charge in [0.25, 0.3) is 11.8 Å². The van der Waals surface area contributed by atoms with Gasteiger partial charge in [-0.25, -0.2) is 9.78 Å². The number of pyridine rings is 1. The van der Waals surface area contributed by atoms with Crippen molar-refractivity contribution in [2.75, 3.05) is 0 Å². The highest BCUT2D eigenvalue weighted by molar-refractivity contribution is 6.12. The standard InChI is InChI=1S/C26H32N4O4/c27-22(31)20-2-1-7-28-23(20)34-19-5-3-18(4-6-19)30-24(32)21(29-25(30)33)14-26-11-15-8-16(12-26)10-17(9-15)13-26/h1-2,7,14-19H,3-6,8-13H2,(H2,27,31)(H,29,33)/b21-14-. The van der Waals surface area contributed by atoms with Gasteiger partial charge in [0.2, 0.25) is 5.88 Å². The summed E-state index contributed by atoms with van der Waals surface area (Å²) in [4.78, 5) is 43.4. The highest BCUT2D eigenvalue weighted by Crippen LogP contribution is 2.60. The number of imide groups is 1. The first-order chi connectivity index (χ1) is 16.4. The van der Waals surface area contributed by atoms with E-state index in [1.165, 1.54) is 24.2 Å². The number of nitrogens with zero attached hydrogens (tertiary/aromatic N) is 2. The molecule has 8 heteroatoms. The van der Waals surface area contributed by atoms with Crippen LogP contribution in [0.15, 0.2) is 30.1 Å². The summed E-state index contributed by atoms with van der Waals surface area (Å²) in [5.41, 5.74) is 6.27. The van der Waals surface area contributed by atoms with Crippen molar-refractivity contribution >= 4 is 17.8 Å². The smallest absolute Gasteiger partial charge is 0.329 e. The number of nitrogens with two attached hydrogens (primary N) is 1. The maximum absolute atomic E-state index is 13.3. The largest absolute Gasteiger partial charge is 0.474 e. The maximum Gasteiger partial charge on any atom is 0.329 e. The monoisotopic (exact) mass is 464 g/mol. The first-order valence-corrected chi connectivity index (χ1v) is 12.7. The number of primary amides is 1. The minimum Gasteiger partial charge on any atom is -0.474 e. The van der Waals surface area contributed by atoms with Crippen molar-refractivity contribution in [3.63, 3.8) is 0 Å². The number of hydrogen-bond acceptors (Lipinski definition) is 5. The van der Waals surface area contributed by atoms with E-state index in [0.717, 1.165) is 37.0 Å². The third-order valence-corrected chi connectivity index (χ3v) is 8.77. The van der Waals surface area contributed by atoms with E-state index in [4.69, 9.17) is 10.5 Å². The molecule has 0 radical (unpaired) electrons. The van der Waals surface area contributed by atoms with Gasteiger partial charge in [-0.2, -0.15) is 0 Å². The average Bonchev–Trinajstić information content (AvgIpc) is 3.06. The van der Waals surface area contributed by atoms with Gasteiger partial charge in [-0.05, 0) is 106 Å². The summed E-state index contributed by atoms with van der Waals surface area (Å²) in [5, 5.41) is 2.90. The zero-order valence-electron chi connectivity index (χ0n) is 19.4. The second-order valence-corrected chi connectivity index (χ2v) is 11.2. The normalized spacial score (nSPS) is 37.8. The third-order valence-electron chi connectivity index (χ3n) is 8.77. The van der Waals surface area contributed by atoms with Crippen LogP contribution in [-0.4, -0.2) is 39.9 Å². The van der Waals surface area contributed by atoms with Crippen LogP contribution in [0.25, 0.3) is 0 Å². The van der Waals surface area contributed by atoms with Crippen LogP contribution in [-0.2, 0) is 4.79 Å². The number of hydrogen-bond donors (Lipinski definition) is 2. The fraction of sp³-hybridized carbons (Fsp3) is 0.615. The molecule has 1 aliphatic heterocycles. The quantitative estimate of drug-likeness (QED) is 0.511. The van der Waals surface area contributed by atoms with E-state index in [2.05, 4.69) is 16.4 Å². The molecule has 34 heavy (non-hydrogen) atoms. The second kappa shape index (κ2) is 8.10. The van der Waals surface area contributed by atoms with Gasteiger partial charge in [-0.15, -0.1) is 0 Å². The molecule has 6 fully saturated rings. The molecular formula is C26H32N4O4. The van der Waals surface area contributed by atoms with Crippen molar-refractivity contribution < 1.29 is 19.1 Å². The van der Waals surface area contributed by atoms with Crippen LogP contribution in [0, 0.1) is 23.2 Å². The first-order valence-electron chi connectivity index (χ1n) is 12.7. The van der Waals surface area contributed by atoms with Crippen molar-refractivity contribution in [3.8, 4) is 5.88 Å². The molecule has 0 aromatic carbocycles. The Morgan fingerprint density at radius 3 is 2.35 bits per heavy atom. The molecule has 2 heterocycles. The lowest BCUT2D eigenvalue weighted by molar-refractivity contribution is -0.125. The number of allylic oxidation sites excluding steroid dienone is 1. The van der Waals surface area contributed by atoms with Crippen LogP contribution >= 0.6 is 0 Å². The van der Waals surface area contributed by atoms with E-state index < -0.39 is 5.91 Å². The molecule has 7 rings (SSSR count). The van der Waals surface area contributed by atoms with Crippen molar-refractivity contribution in [3.05, 3.63) is 35.7 Å². The molecule has 1 saturated heterocycles. The topological polar surface area (TPSA) is 115 Å². The van der Waals surface area contributed by atoms with Crippen molar-refractivity contribution in [2.24, 2.45) is 28.9 Å². The molecule has 4 amide bonds. The third kappa shape index (κ3) is 3.77. The lowest BCUT2D eigenvalue weighted by Crippen LogP contribution is -2.45. The van der Waals surface area contributed by atoms with Crippen molar-refractivity contribution in [1.82, 2.24) is 15.2 Å². The van der Waals surface area contributed by atoms with Gasteiger partial charge in [-0.1, -0.05) is 0 Å². The Hall–Kier alpha value is -2.90. The molecule has 0 unspecified atom stereocenters. The van der Waals surface area contributed by atoms with E-state index in [0.29, 0.717) is 31.4 Å². The van der Waals surface area contributed by atoms with E-state index in [1.807, 2.05) is 0 Å². The van der Waals surface area contributed by atoms with Gasteiger partial charge in [0, 0.05) is 12.2 Å². The van der Waals surface area contributed by atoms with Crippen LogP contribution in [0.3, 0.4) is 0 Å². The first kappa shape index (κ1) is 21.6. The molecule has 4 bridgehead atoms. The number of carbonyl (C=O) groups is 3. The average molecular weight is 465 g/mol. The van der Waals surface area contributed by atoms with Gasteiger partial charge in [-0.3, -0.25) is 14.5 Å². The second-order valence-electron chi connectivity index (χ2n) is 11.2. The SMILES string of the molecule is NC(=O)c1cccnc1OC1CCC(N2C(=O)N/C(=C\C34CC5CC(CC(C5)C3)C4)C2=O)CC1. The fourth-order valence-electron chi connectivity index (χ4n) is 7.79. The van der Waals surface area contributed by atoms with Crippen LogP contribution in [0.5, 0.6) is 5.88 Å². The Labute approximate surface area is 199 Å². The van der Waals surface area contributed by atoms with E-state index in [-0.39, 0.29) is 40.9 Å². The van der Waals surface area contributed by atoms with Crippen LogP contribution < -0.4 is 15.8 Å². The van der Waals surface area contributed by atoms with Crippen LogP contribution in [0.4, 0.5) is 4.79 Å². The fourth-order valence-corrected chi connectivity index (χ4v) is 7.79. The molecule has 5 saturated carbocycles. The molecule has 180 valence electrons. The molecule has 1 aromatic rings. The Balaban J connectivity index is 1.11. The summed E-state index contributed by atoms with van der Waals surface area (Å²) in [6.45, 7) is 0. The Morgan fingerprint density at radius 1 is 1.09 bits per heavy atom. The summed E-state index contributed by atoms with van der Waals surface area (Å²) >= 11 is 0. The van der Waals surface area contributed by atoms with E-state index in [9.17, 15) is 14.4 Å². The molecule has 6 aliphatic rings. The molecule has 1 aromatic heterocycles. The van der Waals surface area contributed by atoms with Crippen LogP contribution in [0.1, 0.15) is 74.6 Å². The predicted octanol–water partition coefficient (Wildman–Crippen LogP) is 3.52. The molecule has 0 spiro atoms. The van der Waals surface area contributed by atoms with Crippen molar-refractivity contribution in [1.29, 1.82) is 0 Å². The minimum absolute atomic E-state index is 0.0926. The van der Waals surface area contributed by atoms with E-state index >= 15 is 0 Å².